The van der Waals surface area contributed by atoms with Crippen LogP contribution in [-0.4, -0.2) is 35.3 Å². The fourth-order valence-corrected chi connectivity index (χ4v) is 8.32. The number of hydrogen-bond acceptors (Lipinski definition) is 5. The van der Waals surface area contributed by atoms with Gasteiger partial charge in [0.1, 0.15) is 18.0 Å². The Bertz CT molecular complexity index is 749. The van der Waals surface area contributed by atoms with Crippen LogP contribution in [0.15, 0.2) is 0 Å². The van der Waals surface area contributed by atoms with Crippen molar-refractivity contribution in [2.24, 2.45) is 35.0 Å². The van der Waals surface area contributed by atoms with Gasteiger partial charge in [0.2, 0.25) is 0 Å². The SMILES string of the molecule is C[C@@H]1C(=O)O[C@H]2[C@@H]1O[C@@]13C[C@@H]4CCCCC[C@]4(CC[C@]4(C)C(=O)[C@@H](C)[C@H]2[C@H]14)O3. The van der Waals surface area contributed by atoms with E-state index in [1.807, 2.05) is 13.8 Å². The van der Waals surface area contributed by atoms with E-state index in [4.69, 9.17) is 14.2 Å². The van der Waals surface area contributed by atoms with Crippen molar-refractivity contribution in [3.63, 3.8) is 0 Å². The fraction of sp³-hybridized carbons (Fsp3) is 0.913. The number of carbonyl (C=O) groups is 2. The van der Waals surface area contributed by atoms with E-state index in [0.717, 1.165) is 25.7 Å². The lowest BCUT2D eigenvalue weighted by Crippen LogP contribution is -2.60. The highest BCUT2D eigenvalue weighted by Gasteiger charge is 2.77. The smallest absolute Gasteiger partial charge is 0.311 e. The Balaban J connectivity index is 1.52. The average molecular weight is 389 g/mol. The van der Waals surface area contributed by atoms with Crippen molar-refractivity contribution in [2.75, 3.05) is 0 Å². The number of hydrogen-bond donors (Lipinski definition) is 0. The third-order valence-electron chi connectivity index (χ3n) is 9.63. The lowest BCUT2D eigenvalue weighted by Gasteiger charge is -2.51. The second-order valence-electron chi connectivity index (χ2n) is 10.9. The number of ketones is 1. The highest BCUT2D eigenvalue weighted by atomic mass is 16.7. The van der Waals surface area contributed by atoms with Crippen molar-refractivity contribution in [2.45, 2.75) is 95.7 Å². The molecule has 28 heavy (non-hydrogen) atoms. The minimum Gasteiger partial charge on any atom is -0.459 e. The van der Waals surface area contributed by atoms with Gasteiger partial charge in [-0.25, -0.2) is 0 Å². The summed E-state index contributed by atoms with van der Waals surface area (Å²) in [6.45, 7) is 6.10. The molecule has 6 fully saturated rings. The lowest BCUT2D eigenvalue weighted by molar-refractivity contribution is -0.343. The number of esters is 1. The summed E-state index contributed by atoms with van der Waals surface area (Å²) in [5, 5.41) is 0. The lowest BCUT2D eigenvalue weighted by atomic mass is 9.62. The third-order valence-corrected chi connectivity index (χ3v) is 9.63. The molecule has 0 amide bonds. The molecule has 0 unspecified atom stereocenters. The normalized spacial score (nSPS) is 59.8. The minimum absolute atomic E-state index is 0.00634. The summed E-state index contributed by atoms with van der Waals surface area (Å²) >= 11 is 0. The monoisotopic (exact) mass is 388 g/mol. The van der Waals surface area contributed by atoms with E-state index in [9.17, 15) is 9.59 Å². The summed E-state index contributed by atoms with van der Waals surface area (Å²) < 4.78 is 19.7. The maximum atomic E-state index is 13.6. The topological polar surface area (TPSA) is 61.8 Å². The van der Waals surface area contributed by atoms with Gasteiger partial charge in [-0.05, 0) is 38.5 Å². The zero-order valence-corrected chi connectivity index (χ0v) is 17.2. The maximum Gasteiger partial charge on any atom is 0.311 e. The quantitative estimate of drug-likeness (QED) is 0.593. The molecule has 0 aromatic rings. The van der Waals surface area contributed by atoms with Crippen LogP contribution in [0.4, 0.5) is 0 Å². The van der Waals surface area contributed by atoms with E-state index in [1.165, 1.54) is 25.7 Å². The van der Waals surface area contributed by atoms with Crippen molar-refractivity contribution in [3.8, 4) is 0 Å². The van der Waals surface area contributed by atoms with E-state index in [-0.39, 0.29) is 47.4 Å². The predicted octanol–water partition coefficient (Wildman–Crippen LogP) is 3.63. The summed E-state index contributed by atoms with van der Waals surface area (Å²) in [6, 6.07) is 0. The van der Waals surface area contributed by atoms with Gasteiger partial charge in [-0.1, -0.05) is 33.1 Å². The highest BCUT2D eigenvalue weighted by Crippen LogP contribution is 2.70. The number of fused-ring (bicyclic) bond motifs is 2. The molecule has 4 heterocycles. The molecule has 0 radical (unpaired) electrons. The summed E-state index contributed by atoms with van der Waals surface area (Å²) in [5.74, 6) is -0.446. The molecule has 0 aromatic carbocycles. The van der Waals surface area contributed by atoms with Crippen LogP contribution in [-0.2, 0) is 23.8 Å². The third kappa shape index (κ3) is 1.91. The van der Waals surface area contributed by atoms with E-state index >= 15 is 0 Å². The van der Waals surface area contributed by atoms with Crippen LogP contribution in [0.2, 0.25) is 0 Å². The van der Waals surface area contributed by atoms with Crippen LogP contribution in [0.5, 0.6) is 0 Å². The molecule has 2 saturated carbocycles. The Hall–Kier alpha value is -0.940. The first kappa shape index (κ1) is 17.9. The number of carbonyl (C=O) groups excluding carboxylic acids is 2. The molecule has 0 aromatic heterocycles. The summed E-state index contributed by atoms with van der Waals surface area (Å²) in [6.07, 6.45) is 8.15. The second kappa shape index (κ2) is 5.40. The Labute approximate surface area is 166 Å². The van der Waals surface area contributed by atoms with Crippen LogP contribution >= 0.6 is 0 Å². The van der Waals surface area contributed by atoms with Crippen molar-refractivity contribution < 1.29 is 23.8 Å². The molecule has 0 N–H and O–H groups in total. The Morgan fingerprint density at radius 1 is 0.964 bits per heavy atom. The molecule has 5 nitrogen and oxygen atoms in total. The van der Waals surface area contributed by atoms with Crippen molar-refractivity contribution >= 4 is 11.8 Å². The molecule has 4 aliphatic heterocycles. The molecule has 6 aliphatic rings. The molecule has 10 atom stereocenters. The van der Waals surface area contributed by atoms with Crippen LogP contribution < -0.4 is 0 Å². The Kier molecular flexibility index (Phi) is 3.45. The van der Waals surface area contributed by atoms with Gasteiger partial charge in [0, 0.05) is 29.6 Å². The molecule has 2 bridgehead atoms. The van der Waals surface area contributed by atoms with Crippen molar-refractivity contribution in [1.29, 1.82) is 0 Å². The number of rotatable bonds is 0. The zero-order chi connectivity index (χ0) is 19.5. The molecule has 2 aliphatic carbocycles. The molecular formula is C23H32O5. The molecule has 154 valence electrons. The summed E-state index contributed by atoms with van der Waals surface area (Å²) in [5.41, 5.74) is -0.578. The van der Waals surface area contributed by atoms with E-state index in [1.54, 1.807) is 0 Å². The fourth-order valence-electron chi connectivity index (χ4n) is 8.32. The first-order chi connectivity index (χ1) is 13.3. The summed E-state index contributed by atoms with van der Waals surface area (Å²) in [4.78, 5) is 26.0. The number of Topliss-reactive ketones (excluding diaryl/α,β-unsaturated/α-hetero) is 1. The zero-order valence-electron chi connectivity index (χ0n) is 17.2. The number of ether oxygens (including phenoxy) is 3. The molecule has 6 rings (SSSR count). The largest absolute Gasteiger partial charge is 0.459 e. The molecular weight excluding hydrogens is 356 g/mol. The maximum absolute atomic E-state index is 13.6. The van der Waals surface area contributed by atoms with Gasteiger partial charge in [-0.2, -0.15) is 0 Å². The van der Waals surface area contributed by atoms with Gasteiger partial charge in [0.15, 0.2) is 5.79 Å². The Morgan fingerprint density at radius 2 is 1.79 bits per heavy atom. The predicted molar refractivity (Wildman–Crippen MR) is 100 cm³/mol. The van der Waals surface area contributed by atoms with Crippen molar-refractivity contribution in [1.82, 2.24) is 0 Å². The van der Waals surface area contributed by atoms with Crippen molar-refractivity contribution in [3.05, 3.63) is 0 Å². The van der Waals surface area contributed by atoms with Crippen LogP contribution in [0.3, 0.4) is 0 Å². The van der Waals surface area contributed by atoms with E-state index < -0.39 is 11.2 Å². The van der Waals surface area contributed by atoms with Gasteiger partial charge in [-0.3, -0.25) is 9.59 Å². The van der Waals surface area contributed by atoms with Gasteiger partial charge in [0.05, 0.1) is 11.5 Å². The molecule has 4 saturated heterocycles. The second-order valence-corrected chi connectivity index (χ2v) is 10.9. The van der Waals surface area contributed by atoms with Crippen LogP contribution in [0, 0.1) is 35.0 Å². The highest BCUT2D eigenvalue weighted by molar-refractivity contribution is 5.90. The molecule has 5 heteroatoms. The van der Waals surface area contributed by atoms with Gasteiger partial charge < -0.3 is 14.2 Å². The Morgan fingerprint density at radius 3 is 2.61 bits per heavy atom. The first-order valence-corrected chi connectivity index (χ1v) is 11.4. The standard InChI is InChI=1S/C23H32O5/c1-12-15-17-16(13(2)20(25)26-17)27-23-11-14-7-5-4-6-8-22(14,28-23)10-9-21(3,18(15)23)19(12)24/h12-18H,4-11H2,1-3H3/t12-,13-,14-,15+,16+,17+,18-,21-,22+,23+/m0/s1. The van der Waals surface area contributed by atoms with E-state index in [2.05, 4.69) is 6.92 Å². The first-order valence-electron chi connectivity index (χ1n) is 11.4. The summed E-state index contributed by atoms with van der Waals surface area (Å²) in [7, 11) is 0. The average Bonchev–Trinajstić information content (AvgIpc) is 3.08. The van der Waals surface area contributed by atoms with Gasteiger partial charge in [0.25, 0.3) is 0 Å². The van der Waals surface area contributed by atoms with Gasteiger partial charge >= 0.3 is 5.97 Å². The van der Waals surface area contributed by atoms with E-state index in [0.29, 0.717) is 11.7 Å². The van der Waals surface area contributed by atoms with Gasteiger partial charge in [-0.15, -0.1) is 0 Å². The minimum atomic E-state index is -0.720. The van der Waals surface area contributed by atoms with Crippen LogP contribution in [0.25, 0.3) is 0 Å². The van der Waals surface area contributed by atoms with Crippen LogP contribution in [0.1, 0.15) is 72.1 Å². The molecule has 2 spiro atoms.